The summed E-state index contributed by atoms with van der Waals surface area (Å²) >= 11 is 0. The van der Waals surface area contributed by atoms with Crippen LogP contribution in [0.15, 0.2) is 297 Å². The fourth-order valence-corrected chi connectivity index (χ4v) is 13.8. The van der Waals surface area contributed by atoms with Crippen LogP contribution in [0.4, 0.5) is 34.1 Å². The number of nitrogens with zero attached hydrogens (tertiary/aromatic N) is 5. The Morgan fingerprint density at radius 3 is 1.51 bits per heavy atom. The number of hydrogen-bond acceptors (Lipinski definition) is 3. The molecule has 0 amide bonds. The van der Waals surface area contributed by atoms with E-state index in [1.54, 1.807) is 6.07 Å². The lowest BCUT2D eigenvalue weighted by atomic mass is 9.33. The second-order valence-electron chi connectivity index (χ2n) is 23.8. The predicted octanol–water partition coefficient (Wildman–Crippen LogP) is 19.8. The van der Waals surface area contributed by atoms with Gasteiger partial charge in [0.1, 0.15) is 11.6 Å². The Morgan fingerprint density at radius 1 is 0.371 bits per heavy atom. The van der Waals surface area contributed by atoms with Crippen LogP contribution in [-0.4, -0.2) is 15.8 Å². The Hall–Kier alpha value is -11.4. The Bertz CT molecular complexity index is 5980. The second-order valence-corrected chi connectivity index (χ2v) is 23.8. The third kappa shape index (κ3) is 8.16. The van der Waals surface area contributed by atoms with Gasteiger partial charge in [0.2, 0.25) is 0 Å². The smallest absolute Gasteiger partial charge is 0.252 e. The molecule has 0 fully saturated rings. The molecule has 17 rings (SSSR count). The van der Waals surface area contributed by atoms with Crippen LogP contribution in [0.25, 0.3) is 99.5 Å². The minimum absolute atomic E-state index is 0.0563. The molecule has 0 saturated carbocycles. The summed E-state index contributed by atoms with van der Waals surface area (Å²) in [7, 11) is 0. The van der Waals surface area contributed by atoms with Crippen LogP contribution in [0.1, 0.15) is 49.7 Å². The van der Waals surface area contributed by atoms with E-state index in [1.165, 1.54) is 4.57 Å². The van der Waals surface area contributed by atoms with E-state index in [-0.39, 0.29) is 49.6 Å². The standard InChI is InChI=1S/C83H58BN5/c1-83(2,3)60-49-66(56-29-12-6-13-30-56)82(67(50-60)57-31-14-7-15-32-57)89-77-46-44-58(54-25-8-4-9-26-54)47-70(77)84-69-45-43-59(55-27-10-5-11-28-55)48-78(69)88(76-42-24-41-75(68(76)53-85)87-73-39-22-18-35-64(73)65-36-19-23-40-74(65)87)79-51-61(52-80(89)81(79)84)86-71-37-20-16-33-62(71)63-34-17-21-38-72(63)86/h4-52H,1-3H3/i5D,10D,11D,16D,17D,20D,21D,27D,28D,33D,34D,37D,38D. The quantitative estimate of drug-likeness (QED) is 0.142. The van der Waals surface area contributed by atoms with E-state index in [2.05, 4.69) is 115 Å². The van der Waals surface area contributed by atoms with Gasteiger partial charge in [-0.1, -0.05) is 245 Å². The first-order valence-corrected chi connectivity index (χ1v) is 29.7. The van der Waals surface area contributed by atoms with Crippen LogP contribution in [0, 0.1) is 11.3 Å². The van der Waals surface area contributed by atoms with E-state index >= 15 is 0 Å². The van der Waals surface area contributed by atoms with Gasteiger partial charge in [0, 0.05) is 55.4 Å². The van der Waals surface area contributed by atoms with Crippen molar-refractivity contribution in [2.45, 2.75) is 26.2 Å². The number of anilines is 6. The van der Waals surface area contributed by atoms with Crippen molar-refractivity contribution in [2.75, 3.05) is 9.80 Å². The van der Waals surface area contributed by atoms with Gasteiger partial charge in [-0.2, -0.15) is 5.26 Å². The van der Waals surface area contributed by atoms with E-state index in [0.717, 1.165) is 77.6 Å². The molecule has 0 radical (unpaired) electrons. The van der Waals surface area contributed by atoms with Crippen molar-refractivity contribution in [1.29, 1.82) is 5.26 Å². The van der Waals surface area contributed by atoms with Crippen molar-refractivity contribution in [1.82, 2.24) is 9.13 Å². The van der Waals surface area contributed by atoms with Gasteiger partial charge >= 0.3 is 0 Å². The lowest BCUT2D eigenvalue weighted by Crippen LogP contribution is -2.61. The van der Waals surface area contributed by atoms with Crippen LogP contribution < -0.4 is 26.2 Å². The first kappa shape index (κ1) is 40.1. The first-order chi connectivity index (χ1) is 49.2. The van der Waals surface area contributed by atoms with Gasteiger partial charge in [-0.25, -0.2) is 0 Å². The molecule has 0 saturated heterocycles. The van der Waals surface area contributed by atoms with Crippen LogP contribution in [-0.2, 0) is 5.41 Å². The minimum atomic E-state index is -0.743. The summed E-state index contributed by atoms with van der Waals surface area (Å²) in [5.41, 5.74) is 14.2. The van der Waals surface area contributed by atoms with Crippen LogP contribution in [0.2, 0.25) is 0 Å². The van der Waals surface area contributed by atoms with Gasteiger partial charge in [-0.05, 0) is 133 Å². The molecular formula is C83H58BN5. The summed E-state index contributed by atoms with van der Waals surface area (Å²) < 4.78 is 126. The zero-order valence-electron chi connectivity index (χ0n) is 61.6. The molecule has 6 heteroatoms. The molecule has 418 valence electrons. The molecule has 4 heterocycles. The number of fused-ring (bicyclic) bond motifs is 10. The Balaban J connectivity index is 1.11. The normalized spacial score (nSPS) is 14.6. The average molecular weight is 1150 g/mol. The topological polar surface area (TPSA) is 40.1 Å². The zero-order chi connectivity index (χ0) is 70.8. The van der Waals surface area contributed by atoms with Gasteiger partial charge in [-0.3, -0.25) is 0 Å². The van der Waals surface area contributed by atoms with Crippen molar-refractivity contribution >= 4 is 101 Å². The molecule has 0 spiro atoms. The number of hydrogen-bond donors (Lipinski definition) is 0. The molecule has 2 aliphatic heterocycles. The highest BCUT2D eigenvalue weighted by atomic mass is 15.2. The summed E-state index contributed by atoms with van der Waals surface area (Å²) in [6.45, 7) is 5.82. The zero-order valence-corrected chi connectivity index (χ0v) is 48.6. The van der Waals surface area contributed by atoms with Crippen molar-refractivity contribution in [3.8, 4) is 62.0 Å². The molecule has 2 aliphatic rings. The van der Waals surface area contributed by atoms with Crippen LogP contribution in [0.3, 0.4) is 0 Å². The van der Waals surface area contributed by atoms with Gasteiger partial charge in [0.25, 0.3) is 6.71 Å². The summed E-state index contributed by atoms with van der Waals surface area (Å²) in [4.78, 5) is 4.24. The van der Waals surface area contributed by atoms with E-state index < -0.39 is 85.3 Å². The molecule has 89 heavy (non-hydrogen) atoms. The Labute approximate surface area is 536 Å². The fourth-order valence-electron chi connectivity index (χ4n) is 13.8. The molecule has 0 aliphatic carbocycles. The van der Waals surface area contributed by atoms with E-state index in [9.17, 15) is 16.2 Å². The highest BCUT2D eigenvalue weighted by Gasteiger charge is 2.46. The molecule has 0 bridgehead atoms. The van der Waals surface area contributed by atoms with Gasteiger partial charge in [0.15, 0.2) is 0 Å². The maximum absolute atomic E-state index is 12.3. The van der Waals surface area contributed by atoms with Crippen molar-refractivity contribution in [2.24, 2.45) is 0 Å². The highest BCUT2D eigenvalue weighted by molar-refractivity contribution is 7.00. The highest BCUT2D eigenvalue weighted by Crippen LogP contribution is 2.53. The molecule has 0 N–H and O–H groups in total. The first-order valence-electron chi connectivity index (χ1n) is 36.2. The summed E-state index contributed by atoms with van der Waals surface area (Å²) in [6, 6.07) is 68.3. The number of nitriles is 1. The van der Waals surface area contributed by atoms with Crippen molar-refractivity contribution in [3.63, 3.8) is 0 Å². The summed E-state index contributed by atoms with van der Waals surface area (Å²) in [5, 5.41) is 14.0. The van der Waals surface area contributed by atoms with Gasteiger partial charge < -0.3 is 18.9 Å². The van der Waals surface area contributed by atoms with Crippen molar-refractivity contribution in [3.05, 3.63) is 308 Å². The predicted molar refractivity (Wildman–Crippen MR) is 374 cm³/mol. The third-order valence-corrected chi connectivity index (χ3v) is 17.8. The number of benzene rings is 13. The minimum Gasteiger partial charge on any atom is -0.310 e. The fraction of sp³-hybridized carbons (Fsp3) is 0.0482. The van der Waals surface area contributed by atoms with Crippen LogP contribution >= 0.6 is 0 Å². The molecule has 0 atom stereocenters. The lowest BCUT2D eigenvalue weighted by molar-refractivity contribution is 0.591. The number of para-hydroxylation sites is 4. The van der Waals surface area contributed by atoms with Gasteiger partial charge in [-0.15, -0.1) is 0 Å². The molecule has 5 nitrogen and oxygen atoms in total. The third-order valence-electron chi connectivity index (χ3n) is 17.8. The number of rotatable bonds is 8. The number of aromatic nitrogens is 2. The van der Waals surface area contributed by atoms with Gasteiger partial charge in [0.05, 0.1) is 62.6 Å². The molecule has 15 aromatic rings. The lowest BCUT2D eigenvalue weighted by Gasteiger charge is -2.45. The SMILES string of the molecule is [2H]c1c([2H])c([2H])c(-c2ccc3c(c2)N(c2cccc(-n4c5ccccc5c5ccccc54)c2C#N)c2cc(-n4c5c([2H])c([2H])c([2H])c([2H])c5c5c([2H])c([2H])c([2H])c([2H])c54)cc4c2B3c2cc(-c3ccccc3)ccc2N4c2c(-c3ccccc3)cc(C(C)(C)C)cc2-c2ccccc2)c([2H])c1[2H]. The van der Waals surface area contributed by atoms with Crippen LogP contribution in [0.5, 0.6) is 0 Å². The second kappa shape index (κ2) is 20.4. The summed E-state index contributed by atoms with van der Waals surface area (Å²) in [5.74, 6) is 0. The van der Waals surface area contributed by atoms with E-state index in [1.807, 2.05) is 138 Å². The monoisotopic (exact) mass is 1150 g/mol. The molecule has 13 aromatic carbocycles. The van der Waals surface area contributed by atoms with E-state index in [0.29, 0.717) is 39.4 Å². The summed E-state index contributed by atoms with van der Waals surface area (Å²) in [6.07, 6.45) is 0. The maximum atomic E-state index is 12.3. The Kier molecular flexibility index (Phi) is 9.18. The molecular weight excluding hydrogens is 1080 g/mol. The molecule has 0 unspecified atom stereocenters. The molecule has 2 aromatic heterocycles. The Morgan fingerprint density at radius 2 is 0.899 bits per heavy atom. The van der Waals surface area contributed by atoms with E-state index in [4.69, 9.17) is 6.85 Å². The largest absolute Gasteiger partial charge is 0.310 e. The average Bonchev–Trinajstić information content (AvgIpc) is 1.03. The maximum Gasteiger partial charge on any atom is 0.252 e. The van der Waals surface area contributed by atoms with Crippen molar-refractivity contribution < 1.29 is 17.8 Å².